The van der Waals surface area contributed by atoms with Gasteiger partial charge in [-0.1, -0.05) is 24.3 Å². The van der Waals surface area contributed by atoms with Crippen LogP contribution in [0.5, 0.6) is 0 Å². The van der Waals surface area contributed by atoms with Crippen molar-refractivity contribution in [3.8, 4) is 0 Å². The topological polar surface area (TPSA) is 55.0 Å². The van der Waals surface area contributed by atoms with Crippen LogP contribution in [0.2, 0.25) is 0 Å². The number of hydrogen-bond donors (Lipinski definition) is 1. The summed E-state index contributed by atoms with van der Waals surface area (Å²) in [5.74, 6) is 0.949. The molecule has 0 fully saturated rings. The maximum Gasteiger partial charge on any atom is 0.147 e. The van der Waals surface area contributed by atoms with Crippen molar-refractivity contribution in [2.45, 2.75) is 19.4 Å². The molecule has 1 aliphatic heterocycles. The zero-order chi connectivity index (χ0) is 13.1. The normalized spacial score (nSPS) is 14.9. The van der Waals surface area contributed by atoms with Gasteiger partial charge in [-0.15, -0.1) is 0 Å². The Morgan fingerprint density at radius 1 is 1.00 bits per heavy atom. The minimum Gasteiger partial charge on any atom is -0.355 e. The van der Waals surface area contributed by atoms with Gasteiger partial charge in [-0.3, -0.25) is 4.98 Å². The van der Waals surface area contributed by atoms with Crippen LogP contribution in [0.25, 0.3) is 0 Å². The Labute approximate surface area is 113 Å². The molecule has 0 amide bonds. The molecule has 1 aromatic carbocycles. The second-order valence-electron chi connectivity index (χ2n) is 4.83. The molecule has 0 bridgehead atoms. The van der Waals surface area contributed by atoms with Gasteiger partial charge in [0.2, 0.25) is 0 Å². The summed E-state index contributed by atoms with van der Waals surface area (Å²) in [7, 11) is 0. The van der Waals surface area contributed by atoms with E-state index < -0.39 is 0 Å². The third-order valence-corrected chi connectivity index (χ3v) is 3.65. The van der Waals surface area contributed by atoms with Gasteiger partial charge in [-0.25, -0.2) is 4.98 Å². The van der Waals surface area contributed by atoms with Crippen molar-refractivity contribution in [2.75, 3.05) is 18.0 Å². The van der Waals surface area contributed by atoms with E-state index >= 15 is 0 Å². The molecule has 4 heteroatoms. The Kier molecular flexibility index (Phi) is 3.42. The molecule has 2 N–H and O–H groups in total. The van der Waals surface area contributed by atoms with Gasteiger partial charge in [0.05, 0.1) is 18.1 Å². The van der Waals surface area contributed by atoms with E-state index in [0.717, 1.165) is 37.4 Å². The number of aromatic nitrogens is 2. The van der Waals surface area contributed by atoms with Crippen LogP contribution in [0.1, 0.15) is 16.8 Å². The third-order valence-electron chi connectivity index (χ3n) is 3.65. The minimum absolute atomic E-state index is 0.443. The molecule has 0 saturated heterocycles. The van der Waals surface area contributed by atoms with Crippen molar-refractivity contribution >= 4 is 5.82 Å². The Bertz CT molecular complexity index is 523. The average molecular weight is 254 g/mol. The molecule has 4 nitrogen and oxygen atoms in total. The number of anilines is 1. The average Bonchev–Trinajstić information content (AvgIpc) is 2.70. The number of nitrogens with two attached hydrogens (primary N) is 1. The monoisotopic (exact) mass is 254 g/mol. The second kappa shape index (κ2) is 5.36. The van der Waals surface area contributed by atoms with Crippen molar-refractivity contribution < 1.29 is 0 Å². The number of fused-ring (bicyclic) bond motifs is 1. The van der Waals surface area contributed by atoms with Gasteiger partial charge in [0.25, 0.3) is 0 Å². The first-order valence-electron chi connectivity index (χ1n) is 6.69. The third kappa shape index (κ3) is 2.58. The molecule has 3 rings (SSSR count). The summed E-state index contributed by atoms with van der Waals surface area (Å²) < 4.78 is 0. The summed E-state index contributed by atoms with van der Waals surface area (Å²) in [5, 5.41) is 0. The number of rotatable bonds is 2. The van der Waals surface area contributed by atoms with Gasteiger partial charge in [0.1, 0.15) is 5.82 Å². The molecule has 1 aromatic heterocycles. The molecule has 0 saturated carbocycles. The second-order valence-corrected chi connectivity index (χ2v) is 4.83. The lowest BCUT2D eigenvalue weighted by molar-refractivity contribution is 0.783. The highest BCUT2D eigenvalue weighted by Crippen LogP contribution is 2.18. The first-order chi connectivity index (χ1) is 9.36. The predicted molar refractivity (Wildman–Crippen MR) is 76.0 cm³/mol. The standard InChI is InChI=1S/C15H18N4/c16-9-14-10-18-15(11-17-14)19-7-5-12-3-1-2-4-13(12)6-8-19/h1-4,10-11H,5-9,16H2. The van der Waals surface area contributed by atoms with Crippen LogP contribution >= 0.6 is 0 Å². The molecule has 1 aliphatic rings. The fourth-order valence-electron chi connectivity index (χ4n) is 2.51. The van der Waals surface area contributed by atoms with Crippen LogP contribution in [0.3, 0.4) is 0 Å². The van der Waals surface area contributed by atoms with Crippen LogP contribution in [-0.4, -0.2) is 23.1 Å². The van der Waals surface area contributed by atoms with Crippen LogP contribution in [0.15, 0.2) is 36.7 Å². The van der Waals surface area contributed by atoms with Crippen molar-refractivity contribution in [1.29, 1.82) is 0 Å². The van der Waals surface area contributed by atoms with E-state index in [-0.39, 0.29) is 0 Å². The van der Waals surface area contributed by atoms with Crippen molar-refractivity contribution in [2.24, 2.45) is 5.73 Å². The van der Waals surface area contributed by atoms with Gasteiger partial charge < -0.3 is 10.6 Å². The number of hydrogen-bond acceptors (Lipinski definition) is 4. The van der Waals surface area contributed by atoms with E-state index in [1.165, 1.54) is 11.1 Å². The lowest BCUT2D eigenvalue weighted by Gasteiger charge is -2.20. The molecule has 2 aromatic rings. The van der Waals surface area contributed by atoms with Crippen LogP contribution in [-0.2, 0) is 19.4 Å². The summed E-state index contributed by atoms with van der Waals surface area (Å²) >= 11 is 0. The SMILES string of the molecule is NCc1cnc(N2CCc3ccccc3CC2)cn1. The largest absolute Gasteiger partial charge is 0.355 e. The molecule has 0 spiro atoms. The molecule has 0 aliphatic carbocycles. The van der Waals surface area contributed by atoms with Gasteiger partial charge >= 0.3 is 0 Å². The molecule has 0 atom stereocenters. The highest BCUT2D eigenvalue weighted by Gasteiger charge is 2.14. The first-order valence-corrected chi connectivity index (χ1v) is 6.69. The smallest absolute Gasteiger partial charge is 0.147 e. The van der Waals surface area contributed by atoms with Gasteiger partial charge in [0, 0.05) is 19.6 Å². The number of benzene rings is 1. The molecule has 19 heavy (non-hydrogen) atoms. The Morgan fingerprint density at radius 2 is 1.68 bits per heavy atom. The highest BCUT2D eigenvalue weighted by molar-refractivity contribution is 5.39. The summed E-state index contributed by atoms with van der Waals surface area (Å²) in [5.41, 5.74) is 9.29. The zero-order valence-corrected chi connectivity index (χ0v) is 10.9. The molecule has 0 unspecified atom stereocenters. The van der Waals surface area contributed by atoms with Crippen LogP contribution in [0, 0.1) is 0 Å². The van der Waals surface area contributed by atoms with Gasteiger partial charge in [0.15, 0.2) is 0 Å². The molecule has 0 radical (unpaired) electrons. The fraction of sp³-hybridized carbons (Fsp3) is 0.333. The van der Waals surface area contributed by atoms with E-state index in [4.69, 9.17) is 5.73 Å². The Hall–Kier alpha value is -1.94. The first kappa shape index (κ1) is 12.1. The van der Waals surface area contributed by atoms with E-state index in [1.807, 2.05) is 6.20 Å². The summed E-state index contributed by atoms with van der Waals surface area (Å²) in [6.07, 6.45) is 5.73. The quantitative estimate of drug-likeness (QED) is 0.883. The maximum absolute atomic E-state index is 5.54. The van der Waals surface area contributed by atoms with E-state index in [2.05, 4.69) is 39.1 Å². The lowest BCUT2D eigenvalue weighted by Crippen LogP contribution is -2.27. The Balaban J connectivity index is 1.77. The highest BCUT2D eigenvalue weighted by atomic mass is 15.2. The van der Waals surface area contributed by atoms with Crippen molar-refractivity contribution in [1.82, 2.24) is 9.97 Å². The summed E-state index contributed by atoms with van der Waals surface area (Å²) in [6.45, 7) is 2.43. The maximum atomic E-state index is 5.54. The number of nitrogens with zero attached hydrogens (tertiary/aromatic N) is 3. The fourth-order valence-corrected chi connectivity index (χ4v) is 2.51. The minimum atomic E-state index is 0.443. The predicted octanol–water partition coefficient (Wildman–Crippen LogP) is 1.54. The molecular weight excluding hydrogens is 236 g/mol. The van der Waals surface area contributed by atoms with Gasteiger partial charge in [-0.2, -0.15) is 0 Å². The van der Waals surface area contributed by atoms with Crippen molar-refractivity contribution in [3.63, 3.8) is 0 Å². The van der Waals surface area contributed by atoms with E-state index in [0.29, 0.717) is 6.54 Å². The molecular formula is C15H18N4. The van der Waals surface area contributed by atoms with E-state index in [1.54, 1.807) is 6.20 Å². The molecule has 98 valence electrons. The van der Waals surface area contributed by atoms with Crippen LogP contribution < -0.4 is 10.6 Å². The molecule has 2 heterocycles. The zero-order valence-electron chi connectivity index (χ0n) is 10.9. The summed E-state index contributed by atoms with van der Waals surface area (Å²) in [6, 6.07) is 8.68. The summed E-state index contributed by atoms with van der Waals surface area (Å²) in [4.78, 5) is 11.1. The lowest BCUT2D eigenvalue weighted by atomic mass is 10.0. The van der Waals surface area contributed by atoms with Crippen LogP contribution in [0.4, 0.5) is 5.82 Å². The van der Waals surface area contributed by atoms with E-state index in [9.17, 15) is 0 Å². The van der Waals surface area contributed by atoms with Crippen molar-refractivity contribution in [3.05, 3.63) is 53.5 Å². The Morgan fingerprint density at radius 3 is 2.21 bits per heavy atom. The van der Waals surface area contributed by atoms with Gasteiger partial charge in [-0.05, 0) is 24.0 Å².